The molecule has 2 fully saturated rings. The van der Waals surface area contributed by atoms with E-state index in [-0.39, 0.29) is 17.5 Å². The van der Waals surface area contributed by atoms with E-state index in [2.05, 4.69) is 34.7 Å². The van der Waals surface area contributed by atoms with Crippen molar-refractivity contribution in [3.63, 3.8) is 0 Å². The first-order valence-corrected chi connectivity index (χ1v) is 12.3. The first-order chi connectivity index (χ1) is 17.9. The van der Waals surface area contributed by atoms with Crippen LogP contribution in [0, 0.1) is 6.92 Å². The van der Waals surface area contributed by atoms with E-state index in [1.165, 1.54) is 5.56 Å². The molecule has 1 aliphatic heterocycles. The number of carboxylic acid groups (broad SMARTS) is 1. The van der Waals surface area contributed by atoms with Crippen LogP contribution >= 0.6 is 0 Å². The van der Waals surface area contributed by atoms with Crippen molar-refractivity contribution in [3.05, 3.63) is 53.6 Å². The number of urea groups is 1. The van der Waals surface area contributed by atoms with E-state index in [0.29, 0.717) is 6.04 Å². The van der Waals surface area contributed by atoms with Crippen molar-refractivity contribution in [2.45, 2.75) is 56.3 Å². The average molecular weight is 538 g/mol. The van der Waals surface area contributed by atoms with Crippen molar-refractivity contribution in [1.29, 1.82) is 0 Å². The van der Waals surface area contributed by atoms with E-state index >= 15 is 0 Å². The lowest BCUT2D eigenvalue weighted by atomic mass is 9.65. The summed E-state index contributed by atoms with van der Waals surface area (Å²) < 4.78 is 42.7. The first-order valence-electron chi connectivity index (χ1n) is 12.3. The Bertz CT molecular complexity index is 1140. The molecule has 0 spiro atoms. The zero-order valence-corrected chi connectivity index (χ0v) is 21.9. The van der Waals surface area contributed by atoms with Gasteiger partial charge in [-0.05, 0) is 81.6 Å². The van der Waals surface area contributed by atoms with Crippen molar-refractivity contribution in [2.75, 3.05) is 33.1 Å². The first kappa shape index (κ1) is 29.1. The molecule has 3 atom stereocenters. The summed E-state index contributed by atoms with van der Waals surface area (Å²) in [6.07, 6.45) is -1.04. The van der Waals surface area contributed by atoms with Gasteiger partial charge in [0.25, 0.3) is 0 Å². The second-order valence-corrected chi connectivity index (χ2v) is 9.71. The monoisotopic (exact) mass is 537 g/mol. The number of methoxy groups -OCH3 is 2. The lowest BCUT2D eigenvalue weighted by molar-refractivity contribution is -0.192. The van der Waals surface area contributed by atoms with E-state index in [4.69, 9.17) is 19.4 Å². The quantitative estimate of drug-likeness (QED) is 0.499. The Hall–Kier alpha value is -3.47. The summed E-state index contributed by atoms with van der Waals surface area (Å²) in [6, 6.07) is 14.6. The minimum Gasteiger partial charge on any atom is -0.493 e. The Morgan fingerprint density at radius 2 is 1.76 bits per heavy atom. The lowest BCUT2D eigenvalue weighted by Crippen LogP contribution is -2.52. The van der Waals surface area contributed by atoms with Gasteiger partial charge in [-0.1, -0.05) is 18.2 Å². The van der Waals surface area contributed by atoms with Crippen LogP contribution in [0.25, 0.3) is 0 Å². The van der Waals surface area contributed by atoms with Crippen LogP contribution in [0.1, 0.15) is 36.8 Å². The predicted molar refractivity (Wildman–Crippen MR) is 137 cm³/mol. The van der Waals surface area contributed by atoms with E-state index < -0.39 is 12.1 Å². The van der Waals surface area contributed by atoms with Gasteiger partial charge >= 0.3 is 18.2 Å². The fourth-order valence-electron chi connectivity index (χ4n) is 5.47. The van der Waals surface area contributed by atoms with Crippen molar-refractivity contribution < 1.29 is 37.3 Å². The highest BCUT2D eigenvalue weighted by Gasteiger charge is 2.50. The van der Waals surface area contributed by atoms with Gasteiger partial charge in [0.2, 0.25) is 0 Å². The van der Waals surface area contributed by atoms with Crippen molar-refractivity contribution >= 4 is 17.7 Å². The second kappa shape index (κ2) is 11.9. The van der Waals surface area contributed by atoms with Gasteiger partial charge in [0.1, 0.15) is 0 Å². The number of anilines is 1. The fraction of sp³-hybridized carbons (Fsp3) is 0.481. The van der Waals surface area contributed by atoms with Gasteiger partial charge in [0.05, 0.1) is 14.2 Å². The molecule has 38 heavy (non-hydrogen) atoms. The third-order valence-corrected chi connectivity index (χ3v) is 7.34. The number of aryl methyl sites for hydroxylation is 1. The number of likely N-dealkylation sites (tertiary alicyclic amines) is 1. The number of rotatable bonds is 5. The Balaban J connectivity index is 0.000000505. The zero-order chi connectivity index (χ0) is 28.1. The summed E-state index contributed by atoms with van der Waals surface area (Å²) in [5.41, 5.74) is 3.34. The topological polar surface area (TPSA) is 100 Å². The van der Waals surface area contributed by atoms with E-state index in [9.17, 15) is 18.0 Å². The maximum atomic E-state index is 12.6. The van der Waals surface area contributed by atoms with Crippen molar-refractivity contribution in [3.8, 4) is 11.5 Å². The number of hydrogen-bond donors (Lipinski definition) is 3. The average Bonchev–Trinajstić information content (AvgIpc) is 3.20. The molecule has 2 aromatic carbocycles. The molecule has 2 aromatic rings. The molecular weight excluding hydrogens is 503 g/mol. The van der Waals surface area contributed by atoms with Crippen molar-refractivity contribution in [2.24, 2.45) is 0 Å². The SMILES string of the molecule is COc1ccc([C@@]23CC[C@@H](NC(=O)Nc4cccc(C)c4)C[C@@H]2N(C)CC3)cc1OC.O=C(O)C(F)(F)F. The van der Waals surface area contributed by atoms with Gasteiger partial charge in [-0.25, -0.2) is 9.59 Å². The summed E-state index contributed by atoms with van der Waals surface area (Å²) in [5.74, 6) is -1.22. The minimum absolute atomic E-state index is 0.0828. The van der Waals surface area contributed by atoms with E-state index in [1.54, 1.807) is 14.2 Å². The van der Waals surface area contributed by atoms with Gasteiger partial charge < -0.3 is 30.1 Å². The lowest BCUT2D eigenvalue weighted by Gasteiger charge is -2.45. The van der Waals surface area contributed by atoms with Gasteiger partial charge in [-0.15, -0.1) is 0 Å². The van der Waals surface area contributed by atoms with Crippen LogP contribution in [0.3, 0.4) is 0 Å². The number of ether oxygens (including phenoxy) is 2. The molecule has 11 heteroatoms. The van der Waals surface area contributed by atoms with Gasteiger partial charge in [-0.2, -0.15) is 13.2 Å². The fourth-order valence-corrected chi connectivity index (χ4v) is 5.47. The molecule has 1 aliphatic carbocycles. The number of fused-ring (bicyclic) bond motifs is 1. The Morgan fingerprint density at radius 1 is 1.08 bits per heavy atom. The zero-order valence-electron chi connectivity index (χ0n) is 21.9. The van der Waals surface area contributed by atoms with Gasteiger partial charge in [0.15, 0.2) is 11.5 Å². The number of aliphatic carboxylic acids is 1. The molecule has 208 valence electrons. The standard InChI is InChI=1S/C25H33N3O3.C2HF3O2/c1-17-6-5-7-19(14-17)26-24(29)27-20-10-11-25(12-13-28(2)23(25)16-20)18-8-9-21(30-3)22(15-18)31-4;3-2(4,5)1(6)7/h5-9,14-15,20,23H,10-13,16H2,1-4H3,(H2,26,27,29);(H,6,7)/t20-,23+,25+;/m1./s1. The predicted octanol–water partition coefficient (Wildman–Crippen LogP) is 4.96. The van der Waals surface area contributed by atoms with Gasteiger partial charge in [0, 0.05) is 23.2 Å². The Labute approximate surface area is 220 Å². The number of alkyl halides is 3. The Morgan fingerprint density at radius 3 is 2.37 bits per heavy atom. The second-order valence-electron chi connectivity index (χ2n) is 9.71. The van der Waals surface area contributed by atoms with E-state index in [0.717, 1.165) is 55.0 Å². The maximum Gasteiger partial charge on any atom is 0.490 e. The number of nitrogens with one attached hydrogen (secondary N) is 2. The van der Waals surface area contributed by atoms with Crippen LogP contribution in [0.5, 0.6) is 11.5 Å². The number of nitrogens with zero attached hydrogens (tertiary/aromatic N) is 1. The van der Waals surface area contributed by atoms with Crippen LogP contribution in [-0.4, -0.2) is 68.1 Å². The highest BCUT2D eigenvalue weighted by atomic mass is 19.4. The number of amides is 2. The number of hydrogen-bond acceptors (Lipinski definition) is 5. The minimum atomic E-state index is -5.08. The number of benzene rings is 2. The summed E-state index contributed by atoms with van der Waals surface area (Å²) in [5, 5.41) is 13.3. The van der Waals surface area contributed by atoms with Crippen LogP contribution in [-0.2, 0) is 10.2 Å². The molecule has 0 radical (unpaired) electrons. The summed E-state index contributed by atoms with van der Waals surface area (Å²) in [4.78, 5) is 23.9. The molecule has 2 amide bonds. The molecule has 4 rings (SSSR count). The van der Waals surface area contributed by atoms with Gasteiger partial charge in [-0.3, -0.25) is 0 Å². The third kappa shape index (κ3) is 6.69. The Kier molecular flexibility index (Phi) is 9.14. The molecule has 8 nitrogen and oxygen atoms in total. The maximum absolute atomic E-state index is 12.6. The molecule has 1 heterocycles. The number of carboxylic acids is 1. The summed E-state index contributed by atoms with van der Waals surface area (Å²) in [6.45, 7) is 3.08. The highest BCUT2D eigenvalue weighted by molar-refractivity contribution is 5.89. The number of carbonyl (C=O) groups excluding carboxylic acids is 1. The van der Waals surface area contributed by atoms with Crippen LogP contribution in [0.4, 0.5) is 23.7 Å². The highest BCUT2D eigenvalue weighted by Crippen LogP contribution is 2.49. The normalized spacial score (nSPS) is 22.9. The molecule has 3 N–H and O–H groups in total. The van der Waals surface area contributed by atoms with Crippen LogP contribution in [0.2, 0.25) is 0 Å². The van der Waals surface area contributed by atoms with Crippen LogP contribution < -0.4 is 20.1 Å². The third-order valence-electron chi connectivity index (χ3n) is 7.34. The molecule has 0 bridgehead atoms. The molecule has 1 saturated carbocycles. The van der Waals surface area contributed by atoms with E-state index in [1.807, 2.05) is 37.3 Å². The number of halogens is 3. The smallest absolute Gasteiger partial charge is 0.490 e. The molecule has 0 aromatic heterocycles. The van der Waals surface area contributed by atoms with Crippen molar-refractivity contribution in [1.82, 2.24) is 10.2 Å². The molecule has 0 unspecified atom stereocenters. The summed E-state index contributed by atoms with van der Waals surface area (Å²) >= 11 is 0. The largest absolute Gasteiger partial charge is 0.493 e. The summed E-state index contributed by atoms with van der Waals surface area (Å²) in [7, 11) is 5.55. The molecular formula is C27H34F3N3O5. The number of carbonyl (C=O) groups is 2. The van der Waals surface area contributed by atoms with Crippen LogP contribution in [0.15, 0.2) is 42.5 Å². The molecule has 2 aliphatic rings. The number of likely N-dealkylation sites (N-methyl/N-ethyl adjacent to an activating group) is 1. The molecule has 1 saturated heterocycles.